The van der Waals surface area contributed by atoms with Gasteiger partial charge in [0.1, 0.15) is 9.97 Å². The summed E-state index contributed by atoms with van der Waals surface area (Å²) in [6.07, 6.45) is 0. The first kappa shape index (κ1) is 16.0. The zero-order valence-electron chi connectivity index (χ0n) is 11.1. The number of carbonyl (C=O) groups excluding carboxylic acids is 1. The van der Waals surface area contributed by atoms with Crippen molar-refractivity contribution in [3.8, 4) is 0 Å². The van der Waals surface area contributed by atoms with E-state index >= 15 is 0 Å². The number of thiophene rings is 1. The number of hydrogen-bond donors (Lipinski definition) is 2. The van der Waals surface area contributed by atoms with Gasteiger partial charge in [-0.2, -0.15) is 0 Å². The predicted octanol–water partition coefficient (Wildman–Crippen LogP) is 1.58. The minimum Gasteiger partial charge on any atom is -0.361 e. The summed E-state index contributed by atoms with van der Waals surface area (Å²) in [5.41, 5.74) is 1.32. The standard InChI is InChI=1S/C11H12ClN3O4S2/c1-5-8(6(2)19-15-5)4-14-10(16)7-3-9(12)20-11(7)21(13,17)18/h3H,4H2,1-2H3,(H,14,16)(H2,13,17,18). The van der Waals surface area contributed by atoms with Crippen molar-refractivity contribution in [2.45, 2.75) is 24.6 Å². The number of aryl methyl sites for hydroxylation is 2. The Bertz CT molecular complexity index is 775. The van der Waals surface area contributed by atoms with Gasteiger partial charge in [0.25, 0.3) is 5.91 Å². The van der Waals surface area contributed by atoms with Gasteiger partial charge in [-0.05, 0) is 19.9 Å². The lowest BCUT2D eigenvalue weighted by molar-refractivity contribution is 0.0948. The highest BCUT2D eigenvalue weighted by Crippen LogP contribution is 2.30. The van der Waals surface area contributed by atoms with Crippen LogP contribution in [-0.4, -0.2) is 19.5 Å². The summed E-state index contributed by atoms with van der Waals surface area (Å²) in [6, 6.07) is 1.27. The van der Waals surface area contributed by atoms with E-state index in [1.807, 2.05) is 0 Å². The Morgan fingerprint density at radius 2 is 2.19 bits per heavy atom. The molecule has 0 aromatic carbocycles. The zero-order valence-corrected chi connectivity index (χ0v) is 13.5. The minimum absolute atomic E-state index is 0.0701. The first-order valence-corrected chi connectivity index (χ1v) is 8.46. The molecular weight excluding hydrogens is 338 g/mol. The molecule has 3 N–H and O–H groups in total. The molecule has 0 atom stereocenters. The fraction of sp³-hybridized carbons (Fsp3) is 0.273. The van der Waals surface area contributed by atoms with E-state index in [1.165, 1.54) is 6.07 Å². The van der Waals surface area contributed by atoms with E-state index in [1.54, 1.807) is 13.8 Å². The van der Waals surface area contributed by atoms with E-state index in [9.17, 15) is 13.2 Å². The molecule has 0 saturated heterocycles. The van der Waals surface area contributed by atoms with Crippen LogP contribution in [0.1, 0.15) is 27.4 Å². The lowest BCUT2D eigenvalue weighted by Crippen LogP contribution is -2.25. The highest BCUT2D eigenvalue weighted by atomic mass is 35.5. The molecule has 0 unspecified atom stereocenters. The number of amides is 1. The van der Waals surface area contributed by atoms with E-state index in [2.05, 4.69) is 10.5 Å². The van der Waals surface area contributed by atoms with Crippen molar-refractivity contribution in [1.29, 1.82) is 0 Å². The Kier molecular flexibility index (Phi) is 4.38. The van der Waals surface area contributed by atoms with Gasteiger partial charge >= 0.3 is 0 Å². The normalized spacial score (nSPS) is 11.6. The Balaban J connectivity index is 2.22. The maximum absolute atomic E-state index is 12.1. The van der Waals surface area contributed by atoms with E-state index in [0.29, 0.717) is 11.5 Å². The van der Waals surface area contributed by atoms with Gasteiger partial charge in [0, 0.05) is 12.1 Å². The number of carbonyl (C=O) groups is 1. The second kappa shape index (κ2) is 5.76. The summed E-state index contributed by atoms with van der Waals surface area (Å²) in [5.74, 6) is 0.00463. The summed E-state index contributed by atoms with van der Waals surface area (Å²) in [6.45, 7) is 3.63. The molecular formula is C11H12ClN3O4S2. The van der Waals surface area contributed by atoms with Gasteiger partial charge in [-0.1, -0.05) is 16.8 Å². The van der Waals surface area contributed by atoms with Crippen LogP contribution in [-0.2, 0) is 16.6 Å². The fourth-order valence-corrected chi connectivity index (χ4v) is 4.02. The third kappa shape index (κ3) is 3.43. The maximum Gasteiger partial charge on any atom is 0.253 e. The van der Waals surface area contributed by atoms with E-state index in [0.717, 1.165) is 16.9 Å². The fourth-order valence-electron chi connectivity index (χ4n) is 1.73. The second-order valence-corrected chi connectivity index (χ2v) is 7.72. The quantitative estimate of drug-likeness (QED) is 0.869. The van der Waals surface area contributed by atoms with Crippen LogP contribution in [0.5, 0.6) is 0 Å². The van der Waals surface area contributed by atoms with Crippen LogP contribution in [0.2, 0.25) is 4.34 Å². The SMILES string of the molecule is Cc1noc(C)c1CNC(=O)c1cc(Cl)sc1S(N)(=O)=O. The molecule has 0 aliphatic rings. The van der Waals surface area contributed by atoms with Crippen molar-refractivity contribution in [3.63, 3.8) is 0 Å². The lowest BCUT2D eigenvalue weighted by Gasteiger charge is -2.05. The molecule has 10 heteroatoms. The monoisotopic (exact) mass is 349 g/mol. The molecule has 0 bridgehead atoms. The van der Waals surface area contributed by atoms with Gasteiger partial charge in [0.05, 0.1) is 15.6 Å². The smallest absolute Gasteiger partial charge is 0.253 e. The topological polar surface area (TPSA) is 115 Å². The van der Waals surface area contributed by atoms with Crippen LogP contribution in [0.3, 0.4) is 0 Å². The van der Waals surface area contributed by atoms with Gasteiger partial charge in [-0.3, -0.25) is 4.79 Å². The largest absolute Gasteiger partial charge is 0.361 e. The van der Waals surface area contributed by atoms with Crippen molar-refractivity contribution in [1.82, 2.24) is 10.5 Å². The number of aromatic nitrogens is 1. The van der Waals surface area contributed by atoms with E-state index in [-0.39, 0.29) is 20.7 Å². The summed E-state index contributed by atoms with van der Waals surface area (Å²) in [4.78, 5) is 12.1. The third-order valence-electron chi connectivity index (χ3n) is 2.78. The summed E-state index contributed by atoms with van der Waals surface area (Å²) in [5, 5.41) is 11.4. The number of rotatable bonds is 4. The zero-order chi connectivity index (χ0) is 15.8. The van der Waals surface area contributed by atoms with Crippen LogP contribution in [0, 0.1) is 13.8 Å². The Labute approximate surface area is 130 Å². The van der Waals surface area contributed by atoms with Crippen LogP contribution < -0.4 is 10.5 Å². The van der Waals surface area contributed by atoms with Crippen LogP contribution in [0.4, 0.5) is 0 Å². The summed E-state index contributed by atoms with van der Waals surface area (Å²) < 4.78 is 27.8. The van der Waals surface area contributed by atoms with Gasteiger partial charge in [0.15, 0.2) is 0 Å². The van der Waals surface area contributed by atoms with Crippen molar-refractivity contribution < 1.29 is 17.7 Å². The number of nitrogens with two attached hydrogens (primary N) is 1. The maximum atomic E-state index is 12.1. The Hall–Kier alpha value is -1.42. The number of nitrogens with one attached hydrogen (secondary N) is 1. The predicted molar refractivity (Wildman–Crippen MR) is 77.8 cm³/mol. The number of primary sulfonamides is 1. The van der Waals surface area contributed by atoms with E-state index in [4.69, 9.17) is 21.3 Å². The highest BCUT2D eigenvalue weighted by Gasteiger charge is 2.23. The molecule has 114 valence electrons. The number of halogens is 1. The molecule has 2 rings (SSSR count). The Morgan fingerprint density at radius 3 is 2.71 bits per heavy atom. The highest BCUT2D eigenvalue weighted by molar-refractivity contribution is 7.91. The second-order valence-electron chi connectivity index (χ2n) is 4.28. The van der Waals surface area contributed by atoms with Gasteiger partial charge in [0.2, 0.25) is 10.0 Å². The first-order valence-electron chi connectivity index (χ1n) is 5.72. The molecule has 0 aliphatic carbocycles. The van der Waals surface area contributed by atoms with Gasteiger partial charge in [-0.15, -0.1) is 11.3 Å². The van der Waals surface area contributed by atoms with Crippen molar-refractivity contribution in [2.24, 2.45) is 5.14 Å². The van der Waals surface area contributed by atoms with Crippen LogP contribution in [0.15, 0.2) is 14.8 Å². The van der Waals surface area contributed by atoms with Crippen molar-refractivity contribution in [3.05, 3.63) is 33.0 Å². The number of sulfonamides is 1. The molecule has 7 nitrogen and oxygen atoms in total. The average Bonchev–Trinajstić information content (AvgIpc) is 2.91. The molecule has 0 saturated carbocycles. The molecule has 21 heavy (non-hydrogen) atoms. The molecule has 0 spiro atoms. The summed E-state index contributed by atoms with van der Waals surface area (Å²) in [7, 11) is -4.00. The number of hydrogen-bond acceptors (Lipinski definition) is 6. The van der Waals surface area contributed by atoms with Gasteiger partial charge < -0.3 is 9.84 Å². The van der Waals surface area contributed by atoms with E-state index < -0.39 is 15.9 Å². The Morgan fingerprint density at radius 1 is 1.52 bits per heavy atom. The molecule has 0 fully saturated rings. The molecule has 0 radical (unpaired) electrons. The third-order valence-corrected chi connectivity index (χ3v) is 5.52. The lowest BCUT2D eigenvalue weighted by atomic mass is 10.2. The molecule has 2 heterocycles. The minimum atomic E-state index is -4.00. The van der Waals surface area contributed by atoms with Crippen molar-refractivity contribution in [2.75, 3.05) is 0 Å². The van der Waals surface area contributed by atoms with Gasteiger partial charge in [-0.25, -0.2) is 13.6 Å². The van der Waals surface area contributed by atoms with Crippen LogP contribution in [0.25, 0.3) is 0 Å². The molecule has 0 aliphatic heterocycles. The molecule has 2 aromatic rings. The summed E-state index contributed by atoms with van der Waals surface area (Å²) >= 11 is 6.50. The molecule has 1 amide bonds. The van der Waals surface area contributed by atoms with Crippen LogP contribution >= 0.6 is 22.9 Å². The van der Waals surface area contributed by atoms with Crippen molar-refractivity contribution >= 4 is 38.9 Å². The molecule has 2 aromatic heterocycles. The average molecular weight is 350 g/mol. The number of nitrogens with zero attached hydrogens (tertiary/aromatic N) is 1. The first-order chi connectivity index (χ1) is 9.70.